The van der Waals surface area contributed by atoms with Gasteiger partial charge in [0.15, 0.2) is 0 Å². The van der Waals surface area contributed by atoms with Gasteiger partial charge in [-0.25, -0.2) is 13.6 Å². The first kappa shape index (κ1) is 17.4. The molecule has 0 spiro atoms. The maximum absolute atomic E-state index is 13.6. The molecule has 0 bridgehead atoms. The fourth-order valence-corrected chi connectivity index (χ4v) is 2.89. The van der Waals surface area contributed by atoms with Gasteiger partial charge in [-0.3, -0.25) is 4.90 Å². The van der Waals surface area contributed by atoms with Gasteiger partial charge < -0.3 is 10.2 Å². The molecule has 1 heterocycles. The van der Waals surface area contributed by atoms with Crippen molar-refractivity contribution in [3.63, 3.8) is 0 Å². The SMILES string of the molecule is O=C(Nc1cc(F)ccc1F)N1CCN(CCc2ccccc2)CC1. The maximum Gasteiger partial charge on any atom is 0.322 e. The van der Waals surface area contributed by atoms with Crippen molar-refractivity contribution < 1.29 is 13.6 Å². The summed E-state index contributed by atoms with van der Waals surface area (Å²) in [6.07, 6.45) is 0.974. The summed E-state index contributed by atoms with van der Waals surface area (Å²) in [4.78, 5) is 16.2. The number of carbonyl (C=O) groups excluding carboxylic acids is 1. The zero-order valence-electron chi connectivity index (χ0n) is 13.9. The largest absolute Gasteiger partial charge is 0.322 e. The van der Waals surface area contributed by atoms with E-state index in [9.17, 15) is 13.6 Å². The first-order chi connectivity index (χ1) is 12.1. The normalized spacial score (nSPS) is 15.2. The fraction of sp³-hybridized carbons (Fsp3) is 0.316. The Kier molecular flexibility index (Phi) is 5.60. The lowest BCUT2D eigenvalue weighted by molar-refractivity contribution is 0.148. The molecule has 2 aromatic carbocycles. The van der Waals surface area contributed by atoms with E-state index in [1.54, 1.807) is 4.90 Å². The Bertz CT molecular complexity index is 716. The fourth-order valence-electron chi connectivity index (χ4n) is 2.89. The van der Waals surface area contributed by atoms with Crippen LogP contribution in [0.3, 0.4) is 0 Å². The number of anilines is 1. The highest BCUT2D eigenvalue weighted by molar-refractivity contribution is 5.89. The third kappa shape index (κ3) is 4.76. The number of hydrogen-bond donors (Lipinski definition) is 1. The monoisotopic (exact) mass is 345 g/mol. The van der Waals surface area contributed by atoms with Crippen molar-refractivity contribution in [2.75, 3.05) is 38.0 Å². The minimum absolute atomic E-state index is 0.128. The Morgan fingerprint density at radius 3 is 2.44 bits per heavy atom. The average Bonchev–Trinajstić information content (AvgIpc) is 2.64. The standard InChI is InChI=1S/C19H21F2N3O/c20-16-6-7-17(21)18(14-16)22-19(25)24-12-10-23(11-13-24)9-8-15-4-2-1-3-5-15/h1-7,14H,8-13H2,(H,22,25). The van der Waals surface area contributed by atoms with Gasteiger partial charge in [-0.2, -0.15) is 0 Å². The second-order valence-corrected chi connectivity index (χ2v) is 6.12. The predicted octanol–water partition coefficient (Wildman–Crippen LogP) is 3.36. The molecule has 3 rings (SSSR count). The van der Waals surface area contributed by atoms with Crippen molar-refractivity contribution in [2.45, 2.75) is 6.42 Å². The summed E-state index contributed by atoms with van der Waals surface area (Å²) in [5.74, 6) is -1.22. The second kappa shape index (κ2) is 8.07. The lowest BCUT2D eigenvalue weighted by atomic mass is 10.1. The lowest BCUT2D eigenvalue weighted by Crippen LogP contribution is -2.50. The summed E-state index contributed by atoms with van der Waals surface area (Å²) < 4.78 is 26.8. The van der Waals surface area contributed by atoms with E-state index in [0.29, 0.717) is 13.1 Å². The summed E-state index contributed by atoms with van der Waals surface area (Å²) in [6.45, 7) is 3.62. The van der Waals surface area contributed by atoms with Gasteiger partial charge in [0.1, 0.15) is 11.6 Å². The molecule has 6 heteroatoms. The third-order valence-electron chi connectivity index (χ3n) is 4.39. The van der Waals surface area contributed by atoms with Crippen molar-refractivity contribution in [2.24, 2.45) is 0 Å². The predicted molar refractivity (Wildman–Crippen MR) is 93.5 cm³/mol. The summed E-state index contributed by atoms with van der Waals surface area (Å²) in [6, 6.07) is 12.9. The Morgan fingerprint density at radius 1 is 1.00 bits per heavy atom. The van der Waals surface area contributed by atoms with E-state index in [2.05, 4.69) is 22.3 Å². The molecule has 0 radical (unpaired) electrons. The number of rotatable bonds is 4. The van der Waals surface area contributed by atoms with E-state index in [-0.39, 0.29) is 5.69 Å². The number of urea groups is 1. The van der Waals surface area contributed by atoms with Crippen LogP contribution >= 0.6 is 0 Å². The van der Waals surface area contributed by atoms with Gasteiger partial charge in [-0.05, 0) is 24.1 Å². The first-order valence-electron chi connectivity index (χ1n) is 8.39. The van der Waals surface area contributed by atoms with Crippen molar-refractivity contribution in [3.8, 4) is 0 Å². The van der Waals surface area contributed by atoms with E-state index < -0.39 is 17.7 Å². The van der Waals surface area contributed by atoms with Gasteiger partial charge in [0.25, 0.3) is 0 Å². The average molecular weight is 345 g/mol. The minimum atomic E-state index is -0.642. The van der Waals surface area contributed by atoms with Gasteiger partial charge >= 0.3 is 6.03 Å². The van der Waals surface area contributed by atoms with E-state index in [4.69, 9.17) is 0 Å². The lowest BCUT2D eigenvalue weighted by Gasteiger charge is -2.34. The molecule has 1 N–H and O–H groups in total. The summed E-state index contributed by atoms with van der Waals surface area (Å²) in [5.41, 5.74) is 1.17. The van der Waals surface area contributed by atoms with Gasteiger partial charge in [-0.1, -0.05) is 30.3 Å². The minimum Gasteiger partial charge on any atom is -0.322 e. The topological polar surface area (TPSA) is 35.6 Å². The number of piperazine rings is 1. The zero-order valence-corrected chi connectivity index (χ0v) is 13.9. The van der Waals surface area contributed by atoms with Crippen LogP contribution in [0.4, 0.5) is 19.3 Å². The molecular formula is C19H21F2N3O. The molecular weight excluding hydrogens is 324 g/mol. The highest BCUT2D eigenvalue weighted by Crippen LogP contribution is 2.16. The van der Waals surface area contributed by atoms with Crippen LogP contribution in [-0.2, 0) is 6.42 Å². The van der Waals surface area contributed by atoms with Crippen molar-refractivity contribution in [1.82, 2.24) is 9.80 Å². The summed E-state index contributed by atoms with van der Waals surface area (Å²) in [7, 11) is 0. The molecule has 0 saturated carbocycles. The highest BCUT2D eigenvalue weighted by Gasteiger charge is 2.21. The number of carbonyl (C=O) groups is 1. The third-order valence-corrected chi connectivity index (χ3v) is 4.39. The number of amides is 2. The highest BCUT2D eigenvalue weighted by atomic mass is 19.1. The van der Waals surface area contributed by atoms with Crippen LogP contribution in [0.2, 0.25) is 0 Å². The van der Waals surface area contributed by atoms with Crippen LogP contribution in [-0.4, -0.2) is 48.6 Å². The first-order valence-corrected chi connectivity index (χ1v) is 8.39. The van der Waals surface area contributed by atoms with Crippen LogP contribution in [0.25, 0.3) is 0 Å². The summed E-state index contributed by atoms with van der Waals surface area (Å²) >= 11 is 0. The number of halogens is 2. The van der Waals surface area contributed by atoms with Crippen LogP contribution < -0.4 is 5.32 Å². The molecule has 2 amide bonds. The molecule has 25 heavy (non-hydrogen) atoms. The molecule has 1 fully saturated rings. The second-order valence-electron chi connectivity index (χ2n) is 6.12. The zero-order chi connectivity index (χ0) is 17.6. The van der Waals surface area contributed by atoms with Crippen LogP contribution in [0, 0.1) is 11.6 Å². The Labute approximate surface area is 146 Å². The molecule has 0 atom stereocenters. The maximum atomic E-state index is 13.6. The molecule has 0 aromatic heterocycles. The Balaban J connectivity index is 1.47. The van der Waals surface area contributed by atoms with Crippen LogP contribution in [0.5, 0.6) is 0 Å². The number of hydrogen-bond acceptors (Lipinski definition) is 2. The van der Waals surface area contributed by atoms with Gasteiger partial charge in [0, 0.05) is 38.8 Å². The molecule has 2 aromatic rings. The van der Waals surface area contributed by atoms with Crippen molar-refractivity contribution >= 4 is 11.7 Å². The molecule has 0 aliphatic carbocycles. The number of benzene rings is 2. The van der Waals surface area contributed by atoms with Crippen LogP contribution in [0.1, 0.15) is 5.56 Å². The van der Waals surface area contributed by atoms with E-state index >= 15 is 0 Å². The molecule has 1 aliphatic rings. The smallest absolute Gasteiger partial charge is 0.322 e. The number of nitrogens with one attached hydrogen (secondary N) is 1. The van der Waals surface area contributed by atoms with Gasteiger partial charge in [0.2, 0.25) is 0 Å². The molecule has 1 aliphatic heterocycles. The molecule has 132 valence electrons. The molecule has 0 unspecified atom stereocenters. The quantitative estimate of drug-likeness (QED) is 0.922. The molecule has 1 saturated heterocycles. The Morgan fingerprint density at radius 2 is 1.72 bits per heavy atom. The molecule has 4 nitrogen and oxygen atoms in total. The van der Waals surface area contributed by atoms with E-state index in [1.807, 2.05) is 18.2 Å². The van der Waals surface area contributed by atoms with Gasteiger partial charge in [-0.15, -0.1) is 0 Å². The van der Waals surface area contributed by atoms with E-state index in [0.717, 1.165) is 44.3 Å². The Hall–Kier alpha value is -2.47. The van der Waals surface area contributed by atoms with Crippen molar-refractivity contribution in [3.05, 3.63) is 65.7 Å². The van der Waals surface area contributed by atoms with Gasteiger partial charge in [0.05, 0.1) is 5.69 Å². The number of nitrogens with zero attached hydrogens (tertiary/aromatic N) is 2. The van der Waals surface area contributed by atoms with Crippen molar-refractivity contribution in [1.29, 1.82) is 0 Å². The summed E-state index contributed by atoms with van der Waals surface area (Å²) in [5, 5.41) is 2.45. The van der Waals surface area contributed by atoms with Crippen LogP contribution in [0.15, 0.2) is 48.5 Å². The van der Waals surface area contributed by atoms with E-state index in [1.165, 1.54) is 5.56 Å².